The Bertz CT molecular complexity index is 452. The van der Waals surface area contributed by atoms with E-state index in [-0.39, 0.29) is 26.2 Å². The second-order valence-corrected chi connectivity index (χ2v) is 4.24. The third-order valence-electron chi connectivity index (χ3n) is 2.39. The van der Waals surface area contributed by atoms with Gasteiger partial charge in [-0.15, -0.1) is 0 Å². The first-order chi connectivity index (χ1) is 11.0. The molecule has 0 aromatic rings. The molecule has 0 saturated heterocycles. The number of esters is 3. The SMILES string of the molecule is C=CC(=O)OCCOC(=O)CCCCCOC(=O)/C=C\C(=O)O. The van der Waals surface area contributed by atoms with E-state index in [0.717, 1.165) is 12.2 Å². The molecule has 0 amide bonds. The van der Waals surface area contributed by atoms with Gasteiger partial charge in [0, 0.05) is 24.6 Å². The molecule has 0 fully saturated rings. The van der Waals surface area contributed by atoms with Crippen molar-refractivity contribution in [3.63, 3.8) is 0 Å². The van der Waals surface area contributed by atoms with Crippen molar-refractivity contribution in [2.45, 2.75) is 25.7 Å². The summed E-state index contributed by atoms with van der Waals surface area (Å²) in [5.41, 5.74) is 0. The largest absolute Gasteiger partial charge is 0.478 e. The third kappa shape index (κ3) is 14.1. The highest BCUT2D eigenvalue weighted by Crippen LogP contribution is 2.02. The third-order valence-corrected chi connectivity index (χ3v) is 2.39. The number of carboxylic acid groups (broad SMARTS) is 1. The second-order valence-electron chi connectivity index (χ2n) is 4.24. The number of unbranched alkanes of at least 4 members (excludes halogenated alkanes) is 2. The molecule has 0 rings (SSSR count). The molecule has 8 heteroatoms. The van der Waals surface area contributed by atoms with E-state index in [4.69, 9.17) is 14.6 Å². The molecule has 0 bridgehead atoms. The Morgan fingerprint density at radius 2 is 1.48 bits per heavy atom. The van der Waals surface area contributed by atoms with Crippen LogP contribution < -0.4 is 0 Å². The Balaban J connectivity index is 3.48. The van der Waals surface area contributed by atoms with Crippen LogP contribution in [-0.4, -0.2) is 48.8 Å². The molecule has 0 aliphatic heterocycles. The Morgan fingerprint density at radius 3 is 2.13 bits per heavy atom. The molecular weight excluding hydrogens is 308 g/mol. The number of hydrogen-bond acceptors (Lipinski definition) is 7. The van der Waals surface area contributed by atoms with Gasteiger partial charge in [-0.1, -0.05) is 6.58 Å². The molecule has 0 aliphatic rings. The van der Waals surface area contributed by atoms with E-state index in [1.807, 2.05) is 0 Å². The van der Waals surface area contributed by atoms with Crippen molar-refractivity contribution in [2.75, 3.05) is 19.8 Å². The van der Waals surface area contributed by atoms with Crippen molar-refractivity contribution in [3.05, 3.63) is 24.8 Å². The summed E-state index contributed by atoms with van der Waals surface area (Å²) in [6.45, 7) is 3.35. The van der Waals surface area contributed by atoms with Gasteiger partial charge in [-0.25, -0.2) is 14.4 Å². The van der Waals surface area contributed by atoms with Gasteiger partial charge in [0.15, 0.2) is 0 Å². The fraction of sp³-hybridized carbons (Fsp3) is 0.467. The van der Waals surface area contributed by atoms with Crippen LogP contribution >= 0.6 is 0 Å². The zero-order valence-corrected chi connectivity index (χ0v) is 12.7. The van der Waals surface area contributed by atoms with Gasteiger partial charge in [0.25, 0.3) is 0 Å². The number of aliphatic carboxylic acids is 1. The van der Waals surface area contributed by atoms with Gasteiger partial charge in [0.05, 0.1) is 6.61 Å². The van der Waals surface area contributed by atoms with Gasteiger partial charge >= 0.3 is 23.9 Å². The smallest absolute Gasteiger partial charge is 0.331 e. The Kier molecular flexibility index (Phi) is 11.6. The summed E-state index contributed by atoms with van der Waals surface area (Å²) in [6.07, 6.45) is 4.53. The minimum absolute atomic E-state index is 0.00800. The fourth-order valence-corrected chi connectivity index (χ4v) is 1.34. The number of ether oxygens (including phenoxy) is 3. The Hall–Kier alpha value is -2.64. The van der Waals surface area contributed by atoms with Crippen molar-refractivity contribution in [1.29, 1.82) is 0 Å². The standard InChI is InChI=1S/C15H20O8/c1-2-13(18)22-10-11-23-14(19)6-4-3-5-9-21-15(20)8-7-12(16)17/h2,7-8H,1,3-6,9-11H2,(H,16,17)/b8-7-. The molecule has 0 aromatic heterocycles. The lowest BCUT2D eigenvalue weighted by molar-refractivity contribution is -0.149. The Labute approximate surface area is 133 Å². The maximum Gasteiger partial charge on any atom is 0.331 e. The molecular formula is C15H20O8. The molecule has 128 valence electrons. The van der Waals surface area contributed by atoms with Crippen LogP contribution in [0.15, 0.2) is 24.8 Å². The minimum Gasteiger partial charge on any atom is -0.478 e. The van der Waals surface area contributed by atoms with Gasteiger partial charge in [0.1, 0.15) is 13.2 Å². The van der Waals surface area contributed by atoms with Crippen molar-refractivity contribution in [2.24, 2.45) is 0 Å². The van der Waals surface area contributed by atoms with Gasteiger partial charge in [0.2, 0.25) is 0 Å². The molecule has 23 heavy (non-hydrogen) atoms. The summed E-state index contributed by atoms with van der Waals surface area (Å²) in [5, 5.41) is 8.31. The van der Waals surface area contributed by atoms with Crippen LogP contribution in [0.3, 0.4) is 0 Å². The molecule has 0 saturated carbocycles. The second kappa shape index (κ2) is 13.1. The van der Waals surface area contributed by atoms with Crippen molar-refractivity contribution < 1.29 is 38.5 Å². The summed E-state index contributed by atoms with van der Waals surface area (Å²) < 4.78 is 14.2. The molecule has 1 N–H and O–H groups in total. The highest BCUT2D eigenvalue weighted by molar-refractivity contribution is 5.90. The Morgan fingerprint density at radius 1 is 0.826 bits per heavy atom. The van der Waals surface area contributed by atoms with Crippen molar-refractivity contribution in [1.82, 2.24) is 0 Å². The first-order valence-corrected chi connectivity index (χ1v) is 6.98. The summed E-state index contributed by atoms with van der Waals surface area (Å²) in [6, 6.07) is 0. The molecule has 0 heterocycles. The maximum absolute atomic E-state index is 11.3. The summed E-state index contributed by atoms with van der Waals surface area (Å²) in [5.74, 6) is -2.92. The topological polar surface area (TPSA) is 116 Å². The summed E-state index contributed by atoms with van der Waals surface area (Å²) in [7, 11) is 0. The lowest BCUT2D eigenvalue weighted by atomic mass is 10.2. The average molecular weight is 328 g/mol. The molecule has 0 radical (unpaired) electrons. The van der Waals surface area contributed by atoms with E-state index in [0.29, 0.717) is 25.3 Å². The van der Waals surface area contributed by atoms with Crippen LogP contribution in [0.4, 0.5) is 0 Å². The molecule has 0 atom stereocenters. The highest BCUT2D eigenvalue weighted by atomic mass is 16.6. The zero-order chi connectivity index (χ0) is 17.5. The molecule has 0 aromatic carbocycles. The molecule has 0 aliphatic carbocycles. The van der Waals surface area contributed by atoms with Crippen LogP contribution in [0.5, 0.6) is 0 Å². The van der Waals surface area contributed by atoms with Crippen molar-refractivity contribution in [3.8, 4) is 0 Å². The van der Waals surface area contributed by atoms with Gasteiger partial charge in [-0.05, 0) is 19.3 Å². The van der Waals surface area contributed by atoms with E-state index in [2.05, 4.69) is 11.3 Å². The van der Waals surface area contributed by atoms with Crippen molar-refractivity contribution >= 4 is 23.9 Å². The first-order valence-electron chi connectivity index (χ1n) is 6.98. The molecule has 0 unspecified atom stereocenters. The number of carbonyl (C=O) groups is 4. The van der Waals surface area contributed by atoms with Gasteiger partial charge in [-0.2, -0.15) is 0 Å². The monoisotopic (exact) mass is 328 g/mol. The average Bonchev–Trinajstić information content (AvgIpc) is 2.52. The lowest BCUT2D eigenvalue weighted by Crippen LogP contribution is -2.12. The minimum atomic E-state index is -1.22. The number of hydrogen-bond donors (Lipinski definition) is 1. The first kappa shape index (κ1) is 20.4. The van der Waals surface area contributed by atoms with E-state index in [1.54, 1.807) is 0 Å². The quantitative estimate of drug-likeness (QED) is 0.244. The van der Waals surface area contributed by atoms with Gasteiger partial charge in [-0.3, -0.25) is 4.79 Å². The summed E-state index contributed by atoms with van der Waals surface area (Å²) in [4.78, 5) is 43.2. The van der Waals surface area contributed by atoms with Gasteiger partial charge < -0.3 is 19.3 Å². The van der Waals surface area contributed by atoms with E-state index in [9.17, 15) is 19.2 Å². The lowest BCUT2D eigenvalue weighted by Gasteiger charge is -2.05. The van der Waals surface area contributed by atoms with Crippen LogP contribution in [0.1, 0.15) is 25.7 Å². The molecule has 0 spiro atoms. The van der Waals surface area contributed by atoms with E-state index < -0.39 is 23.9 Å². The van der Waals surface area contributed by atoms with Crippen LogP contribution in [-0.2, 0) is 33.4 Å². The predicted octanol–water partition coefficient (Wildman–Crippen LogP) is 1.00. The normalized spacial score (nSPS) is 10.1. The van der Waals surface area contributed by atoms with Crippen LogP contribution in [0.2, 0.25) is 0 Å². The number of carbonyl (C=O) groups excluding carboxylic acids is 3. The summed E-state index contributed by atoms with van der Waals surface area (Å²) >= 11 is 0. The number of rotatable bonds is 12. The van der Waals surface area contributed by atoms with Crippen LogP contribution in [0.25, 0.3) is 0 Å². The van der Waals surface area contributed by atoms with E-state index in [1.165, 1.54) is 0 Å². The van der Waals surface area contributed by atoms with Crippen LogP contribution in [0, 0.1) is 0 Å². The zero-order valence-electron chi connectivity index (χ0n) is 12.7. The maximum atomic E-state index is 11.3. The fourth-order valence-electron chi connectivity index (χ4n) is 1.34. The molecule has 8 nitrogen and oxygen atoms in total. The number of carboxylic acids is 1. The highest BCUT2D eigenvalue weighted by Gasteiger charge is 2.04. The van der Waals surface area contributed by atoms with E-state index >= 15 is 0 Å². The predicted molar refractivity (Wildman–Crippen MR) is 78.3 cm³/mol.